The molecule has 2 aromatic carbocycles. The molecular weight excluding hydrogens is 310 g/mol. The molecule has 124 valence electrons. The SMILES string of the molecule is Cc1ccc(C)c(S(=O)(=O)N(C)CCOc2ccccc2C)c1. The Morgan fingerprint density at radius 3 is 2.39 bits per heavy atom. The van der Waals surface area contributed by atoms with Crippen LogP contribution in [0.15, 0.2) is 47.4 Å². The third-order valence-corrected chi connectivity index (χ3v) is 5.79. The smallest absolute Gasteiger partial charge is 0.243 e. The fraction of sp³-hybridized carbons (Fsp3) is 0.333. The minimum absolute atomic E-state index is 0.296. The molecule has 0 saturated carbocycles. The molecule has 0 aliphatic rings. The highest BCUT2D eigenvalue weighted by Gasteiger charge is 2.22. The van der Waals surface area contributed by atoms with E-state index in [0.717, 1.165) is 22.4 Å². The molecule has 0 spiro atoms. The first kappa shape index (κ1) is 17.5. The number of hydrogen-bond acceptors (Lipinski definition) is 3. The van der Waals surface area contributed by atoms with Crippen LogP contribution in [-0.2, 0) is 10.0 Å². The molecule has 0 aliphatic carbocycles. The first-order chi connectivity index (χ1) is 10.8. The van der Waals surface area contributed by atoms with E-state index in [4.69, 9.17) is 4.74 Å². The van der Waals surface area contributed by atoms with Crippen LogP contribution < -0.4 is 4.74 Å². The van der Waals surface area contributed by atoms with Gasteiger partial charge in [0.05, 0.1) is 4.90 Å². The van der Waals surface area contributed by atoms with Gasteiger partial charge in [-0.3, -0.25) is 0 Å². The third kappa shape index (κ3) is 4.12. The van der Waals surface area contributed by atoms with Gasteiger partial charge in [-0.15, -0.1) is 0 Å². The van der Waals surface area contributed by atoms with Crippen LogP contribution in [0.5, 0.6) is 5.75 Å². The average molecular weight is 333 g/mol. The number of rotatable bonds is 6. The largest absolute Gasteiger partial charge is 0.492 e. The summed E-state index contributed by atoms with van der Waals surface area (Å²) in [4.78, 5) is 0.357. The number of aryl methyl sites for hydroxylation is 3. The van der Waals surface area contributed by atoms with Crippen LogP contribution in [0.4, 0.5) is 0 Å². The van der Waals surface area contributed by atoms with Gasteiger partial charge in [0.15, 0.2) is 0 Å². The molecular formula is C18H23NO3S. The van der Waals surface area contributed by atoms with Crippen LogP contribution in [0, 0.1) is 20.8 Å². The molecule has 0 amide bonds. The van der Waals surface area contributed by atoms with Crippen molar-refractivity contribution in [2.75, 3.05) is 20.2 Å². The second kappa shape index (κ2) is 7.15. The Bertz CT molecular complexity index is 785. The maximum Gasteiger partial charge on any atom is 0.243 e. The summed E-state index contributed by atoms with van der Waals surface area (Å²) in [5, 5.41) is 0. The van der Waals surface area contributed by atoms with Crippen LogP contribution in [-0.4, -0.2) is 32.9 Å². The van der Waals surface area contributed by atoms with E-state index in [-0.39, 0.29) is 0 Å². The summed E-state index contributed by atoms with van der Waals surface area (Å²) in [6, 6.07) is 13.2. The molecule has 0 aromatic heterocycles. The predicted molar refractivity (Wildman–Crippen MR) is 92.4 cm³/mol. The highest BCUT2D eigenvalue weighted by molar-refractivity contribution is 7.89. The van der Waals surface area contributed by atoms with E-state index in [1.807, 2.05) is 57.2 Å². The molecule has 0 unspecified atom stereocenters. The lowest BCUT2D eigenvalue weighted by Crippen LogP contribution is -2.31. The molecule has 0 radical (unpaired) electrons. The molecule has 2 aromatic rings. The van der Waals surface area contributed by atoms with Crippen molar-refractivity contribution in [1.29, 1.82) is 0 Å². The summed E-state index contributed by atoms with van der Waals surface area (Å²) in [7, 11) is -1.92. The Morgan fingerprint density at radius 1 is 1.00 bits per heavy atom. The monoisotopic (exact) mass is 333 g/mol. The minimum atomic E-state index is -3.50. The van der Waals surface area contributed by atoms with Crippen LogP contribution in [0.2, 0.25) is 0 Å². The van der Waals surface area contributed by atoms with Gasteiger partial charge in [-0.05, 0) is 49.6 Å². The summed E-state index contributed by atoms with van der Waals surface area (Å²) in [6.45, 7) is 6.27. The van der Waals surface area contributed by atoms with Crippen molar-refractivity contribution in [2.45, 2.75) is 25.7 Å². The van der Waals surface area contributed by atoms with Crippen molar-refractivity contribution in [2.24, 2.45) is 0 Å². The van der Waals surface area contributed by atoms with Gasteiger partial charge >= 0.3 is 0 Å². The number of sulfonamides is 1. The Hall–Kier alpha value is -1.85. The Balaban J connectivity index is 2.06. The molecule has 0 bridgehead atoms. The van der Waals surface area contributed by atoms with Gasteiger partial charge < -0.3 is 4.74 Å². The van der Waals surface area contributed by atoms with Crippen LogP contribution >= 0.6 is 0 Å². The number of likely N-dealkylation sites (N-methyl/N-ethyl adjacent to an activating group) is 1. The lowest BCUT2D eigenvalue weighted by Gasteiger charge is -2.19. The van der Waals surface area contributed by atoms with Crippen molar-refractivity contribution in [1.82, 2.24) is 4.31 Å². The van der Waals surface area contributed by atoms with E-state index in [2.05, 4.69) is 0 Å². The standard InChI is InChI=1S/C18H23NO3S/c1-14-9-10-16(3)18(13-14)23(20,21)19(4)11-12-22-17-8-6-5-7-15(17)2/h5-10,13H,11-12H2,1-4H3. The zero-order chi connectivity index (χ0) is 17.0. The van der Waals surface area contributed by atoms with Crippen molar-refractivity contribution in [3.8, 4) is 5.75 Å². The zero-order valence-corrected chi connectivity index (χ0v) is 14.9. The van der Waals surface area contributed by atoms with Crippen molar-refractivity contribution < 1.29 is 13.2 Å². The maximum atomic E-state index is 12.7. The Kier molecular flexibility index (Phi) is 5.44. The van der Waals surface area contributed by atoms with Gasteiger partial charge in [0.2, 0.25) is 10.0 Å². The molecule has 2 rings (SSSR count). The van der Waals surface area contributed by atoms with E-state index in [0.29, 0.717) is 18.0 Å². The van der Waals surface area contributed by atoms with Crippen LogP contribution in [0.1, 0.15) is 16.7 Å². The molecule has 0 saturated heterocycles. The lowest BCUT2D eigenvalue weighted by molar-refractivity contribution is 0.285. The summed E-state index contributed by atoms with van der Waals surface area (Å²) < 4.78 is 32.4. The quantitative estimate of drug-likeness (QED) is 0.815. The number of para-hydroxylation sites is 1. The number of hydrogen-bond donors (Lipinski definition) is 0. The summed E-state index contributed by atoms with van der Waals surface area (Å²) in [5.74, 6) is 0.782. The Labute approximate surface area is 138 Å². The fourth-order valence-corrected chi connectivity index (χ4v) is 3.74. The number of nitrogens with zero attached hydrogens (tertiary/aromatic N) is 1. The maximum absolute atomic E-state index is 12.7. The molecule has 0 aliphatic heterocycles. The van der Waals surface area contributed by atoms with E-state index in [1.165, 1.54) is 4.31 Å². The molecule has 23 heavy (non-hydrogen) atoms. The predicted octanol–water partition coefficient (Wildman–Crippen LogP) is 3.31. The first-order valence-corrected chi connectivity index (χ1v) is 8.98. The summed E-state index contributed by atoms with van der Waals surface area (Å²) in [5.41, 5.74) is 2.72. The van der Waals surface area contributed by atoms with Gasteiger partial charge in [0, 0.05) is 13.6 Å². The second-order valence-corrected chi connectivity index (χ2v) is 7.72. The van der Waals surface area contributed by atoms with Crippen molar-refractivity contribution in [3.05, 3.63) is 59.2 Å². The third-order valence-electron chi connectivity index (χ3n) is 3.79. The first-order valence-electron chi connectivity index (χ1n) is 7.54. The second-order valence-electron chi connectivity index (χ2n) is 5.71. The van der Waals surface area contributed by atoms with Crippen LogP contribution in [0.25, 0.3) is 0 Å². The van der Waals surface area contributed by atoms with Gasteiger partial charge in [-0.1, -0.05) is 30.3 Å². The van der Waals surface area contributed by atoms with Gasteiger partial charge in [0.1, 0.15) is 12.4 Å². The van der Waals surface area contributed by atoms with Gasteiger partial charge in [-0.25, -0.2) is 8.42 Å². The topological polar surface area (TPSA) is 46.6 Å². The summed E-state index contributed by atoms with van der Waals surface area (Å²) in [6.07, 6.45) is 0. The van der Waals surface area contributed by atoms with E-state index in [1.54, 1.807) is 13.1 Å². The molecule has 0 heterocycles. The minimum Gasteiger partial charge on any atom is -0.492 e. The highest BCUT2D eigenvalue weighted by atomic mass is 32.2. The normalized spacial score (nSPS) is 11.7. The van der Waals surface area contributed by atoms with E-state index >= 15 is 0 Å². The molecule has 0 N–H and O–H groups in total. The fourth-order valence-electron chi connectivity index (χ4n) is 2.28. The molecule has 5 heteroatoms. The van der Waals surface area contributed by atoms with Crippen molar-refractivity contribution >= 4 is 10.0 Å². The molecule has 0 atom stereocenters. The lowest BCUT2D eigenvalue weighted by atomic mass is 10.2. The zero-order valence-electron chi connectivity index (χ0n) is 14.0. The van der Waals surface area contributed by atoms with Gasteiger partial charge in [0.25, 0.3) is 0 Å². The highest BCUT2D eigenvalue weighted by Crippen LogP contribution is 2.21. The molecule has 0 fully saturated rings. The molecule has 4 nitrogen and oxygen atoms in total. The van der Waals surface area contributed by atoms with Crippen LogP contribution in [0.3, 0.4) is 0 Å². The van der Waals surface area contributed by atoms with Crippen molar-refractivity contribution in [3.63, 3.8) is 0 Å². The van der Waals surface area contributed by atoms with Gasteiger partial charge in [-0.2, -0.15) is 4.31 Å². The van der Waals surface area contributed by atoms with E-state index < -0.39 is 10.0 Å². The average Bonchev–Trinajstić information content (AvgIpc) is 2.51. The number of ether oxygens (including phenoxy) is 1. The summed E-state index contributed by atoms with van der Waals surface area (Å²) >= 11 is 0. The number of benzene rings is 2. The van der Waals surface area contributed by atoms with E-state index in [9.17, 15) is 8.42 Å². The Morgan fingerprint density at radius 2 is 1.70 bits per heavy atom.